The topological polar surface area (TPSA) is 80.3 Å². The van der Waals surface area contributed by atoms with Crippen molar-refractivity contribution in [3.63, 3.8) is 0 Å². The maximum absolute atomic E-state index is 12.7. The van der Waals surface area contributed by atoms with Crippen LogP contribution in [0, 0.1) is 0 Å². The standard InChI is InChI=1S/C18H22F3N3O5/c1-27-12-3-4-14-13(11-12)24(8-2-7-23-9-5-22-6-10-23)15(25)16(28-14)29-17(26)18(19,20)21/h3-4,11,16,22H,2,5-10H2,1H3. The summed E-state index contributed by atoms with van der Waals surface area (Å²) in [6.45, 7) is 4.48. The van der Waals surface area contributed by atoms with E-state index in [1.54, 1.807) is 6.07 Å². The molecule has 0 saturated carbocycles. The molecule has 8 nitrogen and oxygen atoms in total. The zero-order valence-corrected chi connectivity index (χ0v) is 15.8. The highest BCUT2D eigenvalue weighted by Gasteiger charge is 2.46. The van der Waals surface area contributed by atoms with E-state index in [0.29, 0.717) is 17.9 Å². The van der Waals surface area contributed by atoms with Crippen molar-refractivity contribution in [2.75, 3.05) is 51.3 Å². The van der Waals surface area contributed by atoms with Gasteiger partial charge in [-0.15, -0.1) is 0 Å². The molecule has 160 valence electrons. The Morgan fingerprint density at radius 1 is 1.28 bits per heavy atom. The molecule has 0 spiro atoms. The van der Waals surface area contributed by atoms with Gasteiger partial charge in [-0.1, -0.05) is 0 Å². The number of amides is 1. The normalized spacial score (nSPS) is 20.1. The highest BCUT2D eigenvalue weighted by Crippen LogP contribution is 2.37. The fourth-order valence-electron chi connectivity index (χ4n) is 3.20. The molecule has 0 bridgehead atoms. The number of nitrogens with one attached hydrogen (secondary N) is 1. The number of piperazine rings is 1. The molecule has 29 heavy (non-hydrogen) atoms. The number of rotatable bonds is 6. The predicted octanol–water partition coefficient (Wildman–Crippen LogP) is 1.15. The molecule has 1 saturated heterocycles. The van der Waals surface area contributed by atoms with Gasteiger partial charge in [0.1, 0.15) is 11.5 Å². The lowest BCUT2D eigenvalue weighted by atomic mass is 10.2. The van der Waals surface area contributed by atoms with Crippen LogP contribution in [0.5, 0.6) is 11.5 Å². The number of alkyl halides is 3. The minimum Gasteiger partial charge on any atom is -0.497 e. The fourth-order valence-corrected chi connectivity index (χ4v) is 3.20. The first-order valence-corrected chi connectivity index (χ1v) is 9.16. The third kappa shape index (κ3) is 5.10. The summed E-state index contributed by atoms with van der Waals surface area (Å²) in [5, 5.41) is 3.25. The smallest absolute Gasteiger partial charge is 0.491 e. The molecule has 1 fully saturated rings. The summed E-state index contributed by atoms with van der Waals surface area (Å²) < 4.78 is 52.3. The van der Waals surface area contributed by atoms with E-state index in [-0.39, 0.29) is 12.3 Å². The van der Waals surface area contributed by atoms with Crippen molar-refractivity contribution in [3.05, 3.63) is 18.2 Å². The monoisotopic (exact) mass is 417 g/mol. The molecule has 1 unspecified atom stereocenters. The first-order valence-electron chi connectivity index (χ1n) is 9.16. The van der Waals surface area contributed by atoms with Gasteiger partial charge in [0.15, 0.2) is 0 Å². The molecule has 1 N–H and O–H groups in total. The summed E-state index contributed by atoms with van der Waals surface area (Å²) in [4.78, 5) is 27.4. The Bertz CT molecular complexity index is 753. The number of ether oxygens (including phenoxy) is 3. The van der Waals surface area contributed by atoms with Crippen LogP contribution in [0.25, 0.3) is 0 Å². The summed E-state index contributed by atoms with van der Waals surface area (Å²) in [6.07, 6.45) is -6.64. The fraction of sp³-hybridized carbons (Fsp3) is 0.556. The molecular weight excluding hydrogens is 395 g/mol. The summed E-state index contributed by atoms with van der Waals surface area (Å²) in [6, 6.07) is 4.55. The van der Waals surface area contributed by atoms with Crippen LogP contribution in [0.1, 0.15) is 6.42 Å². The number of esters is 1. The van der Waals surface area contributed by atoms with Crippen LogP contribution in [-0.4, -0.2) is 75.6 Å². The molecular formula is C18H22F3N3O5. The van der Waals surface area contributed by atoms with Gasteiger partial charge in [-0.3, -0.25) is 4.79 Å². The second-order valence-corrected chi connectivity index (χ2v) is 6.62. The minimum absolute atomic E-state index is 0.132. The molecule has 1 aromatic carbocycles. The quantitative estimate of drug-likeness (QED) is 0.696. The summed E-state index contributed by atoms with van der Waals surface area (Å²) in [7, 11) is 1.45. The van der Waals surface area contributed by atoms with Crippen molar-refractivity contribution >= 4 is 17.6 Å². The molecule has 1 atom stereocenters. The average molecular weight is 417 g/mol. The van der Waals surface area contributed by atoms with Crippen molar-refractivity contribution in [3.8, 4) is 11.5 Å². The number of nitrogens with zero attached hydrogens (tertiary/aromatic N) is 2. The molecule has 1 amide bonds. The van der Waals surface area contributed by atoms with Gasteiger partial charge in [0.2, 0.25) is 0 Å². The maximum Gasteiger partial charge on any atom is 0.491 e. The second kappa shape index (κ2) is 8.87. The van der Waals surface area contributed by atoms with Gasteiger partial charge in [0.05, 0.1) is 12.8 Å². The predicted molar refractivity (Wildman–Crippen MR) is 95.8 cm³/mol. The Hall–Kier alpha value is -2.53. The Balaban J connectivity index is 1.75. The van der Waals surface area contributed by atoms with Crippen LogP contribution >= 0.6 is 0 Å². The second-order valence-electron chi connectivity index (χ2n) is 6.62. The van der Waals surface area contributed by atoms with Crippen LogP contribution in [-0.2, 0) is 14.3 Å². The number of fused-ring (bicyclic) bond motifs is 1. The minimum atomic E-state index is -5.23. The van der Waals surface area contributed by atoms with E-state index in [1.165, 1.54) is 24.1 Å². The lowest BCUT2D eigenvalue weighted by Gasteiger charge is -2.34. The van der Waals surface area contributed by atoms with E-state index in [1.807, 2.05) is 0 Å². The number of anilines is 1. The number of hydrogen-bond acceptors (Lipinski definition) is 7. The molecule has 0 aromatic heterocycles. The van der Waals surface area contributed by atoms with Gasteiger partial charge in [-0.2, -0.15) is 13.2 Å². The number of hydrogen-bond donors (Lipinski definition) is 1. The van der Waals surface area contributed by atoms with E-state index in [9.17, 15) is 22.8 Å². The first kappa shape index (κ1) is 21.2. The van der Waals surface area contributed by atoms with Crippen LogP contribution in [0.3, 0.4) is 0 Å². The van der Waals surface area contributed by atoms with E-state index in [4.69, 9.17) is 9.47 Å². The molecule has 0 radical (unpaired) electrons. The van der Waals surface area contributed by atoms with Crippen molar-refractivity contribution in [1.29, 1.82) is 0 Å². The van der Waals surface area contributed by atoms with Crippen molar-refractivity contribution < 1.29 is 37.0 Å². The van der Waals surface area contributed by atoms with E-state index in [2.05, 4.69) is 15.0 Å². The van der Waals surface area contributed by atoms with Gasteiger partial charge >= 0.3 is 24.3 Å². The number of halogens is 3. The van der Waals surface area contributed by atoms with Crippen molar-refractivity contribution in [1.82, 2.24) is 10.2 Å². The van der Waals surface area contributed by atoms with Gasteiger partial charge in [0.25, 0.3) is 0 Å². The maximum atomic E-state index is 12.7. The third-order valence-electron chi connectivity index (χ3n) is 4.67. The number of carbonyl (C=O) groups excluding carboxylic acids is 2. The summed E-state index contributed by atoms with van der Waals surface area (Å²) in [5.41, 5.74) is 0.356. The zero-order chi connectivity index (χ0) is 21.0. The molecule has 2 aliphatic heterocycles. The summed E-state index contributed by atoms with van der Waals surface area (Å²) in [5.74, 6) is -2.76. The number of methoxy groups -OCH3 is 1. The molecule has 3 rings (SSSR count). The molecule has 2 heterocycles. The Morgan fingerprint density at radius 3 is 2.66 bits per heavy atom. The Kier molecular flexibility index (Phi) is 6.48. The SMILES string of the molecule is COc1ccc2c(c1)N(CCCN1CCNCC1)C(=O)C(OC(=O)C(F)(F)F)O2. The van der Waals surface area contributed by atoms with Crippen LogP contribution in [0.15, 0.2) is 18.2 Å². The molecule has 2 aliphatic rings. The largest absolute Gasteiger partial charge is 0.497 e. The number of carbonyl (C=O) groups is 2. The van der Waals surface area contributed by atoms with Crippen LogP contribution in [0.4, 0.5) is 18.9 Å². The molecule has 11 heteroatoms. The summed E-state index contributed by atoms with van der Waals surface area (Å²) >= 11 is 0. The van der Waals surface area contributed by atoms with Crippen LogP contribution < -0.4 is 19.7 Å². The van der Waals surface area contributed by atoms with E-state index >= 15 is 0 Å². The van der Waals surface area contributed by atoms with Gasteiger partial charge < -0.3 is 29.3 Å². The Morgan fingerprint density at radius 2 is 2.00 bits per heavy atom. The average Bonchev–Trinajstić information content (AvgIpc) is 2.70. The lowest BCUT2D eigenvalue weighted by Crippen LogP contribution is -2.50. The van der Waals surface area contributed by atoms with Crippen LogP contribution in [0.2, 0.25) is 0 Å². The molecule has 0 aliphatic carbocycles. The Labute approximate surface area is 165 Å². The third-order valence-corrected chi connectivity index (χ3v) is 4.67. The van der Waals surface area contributed by atoms with Gasteiger partial charge in [0, 0.05) is 38.8 Å². The van der Waals surface area contributed by atoms with Gasteiger partial charge in [-0.25, -0.2) is 4.79 Å². The number of benzene rings is 1. The van der Waals surface area contributed by atoms with Crippen molar-refractivity contribution in [2.45, 2.75) is 18.9 Å². The molecule has 1 aromatic rings. The lowest BCUT2D eigenvalue weighted by molar-refractivity contribution is -0.216. The van der Waals surface area contributed by atoms with E-state index < -0.39 is 24.3 Å². The van der Waals surface area contributed by atoms with Gasteiger partial charge in [-0.05, 0) is 25.1 Å². The zero-order valence-electron chi connectivity index (χ0n) is 15.8. The first-order chi connectivity index (χ1) is 13.8. The van der Waals surface area contributed by atoms with E-state index in [0.717, 1.165) is 32.7 Å². The highest BCUT2D eigenvalue weighted by atomic mass is 19.4. The van der Waals surface area contributed by atoms with Crippen molar-refractivity contribution in [2.24, 2.45) is 0 Å². The highest BCUT2D eigenvalue weighted by molar-refractivity contribution is 6.00.